The lowest BCUT2D eigenvalue weighted by atomic mass is 9.96. The van der Waals surface area contributed by atoms with E-state index >= 15 is 0 Å². The number of fused-ring (bicyclic) bond motifs is 8. The summed E-state index contributed by atoms with van der Waals surface area (Å²) < 4.78 is 5.03. The van der Waals surface area contributed by atoms with Crippen molar-refractivity contribution in [3.8, 4) is 56.5 Å². The molecule has 0 unspecified atom stereocenters. The summed E-state index contributed by atoms with van der Waals surface area (Å²) >= 11 is 3.66. The second-order valence-corrected chi connectivity index (χ2v) is 15.5. The summed E-state index contributed by atoms with van der Waals surface area (Å²) in [5.74, 6) is 1.91. The Morgan fingerprint density at radius 3 is 1.61 bits per heavy atom. The molecule has 0 aliphatic carbocycles. The largest absolute Gasteiger partial charge is 0.246 e. The number of hydrogen-bond donors (Lipinski definition) is 0. The first-order chi connectivity index (χ1) is 26.7. The van der Waals surface area contributed by atoms with Gasteiger partial charge < -0.3 is 0 Å². The zero-order valence-electron chi connectivity index (χ0n) is 28.8. The molecule has 54 heavy (non-hydrogen) atoms. The van der Waals surface area contributed by atoms with Gasteiger partial charge in [-0.1, -0.05) is 133 Å². The minimum atomic E-state index is 0.623. The average molecular weight is 725 g/mol. The third kappa shape index (κ3) is 5.11. The number of thiophene rings is 2. The van der Waals surface area contributed by atoms with Crippen LogP contribution in [0.15, 0.2) is 170 Å². The third-order valence-electron chi connectivity index (χ3n) is 10.1. The van der Waals surface area contributed by atoms with Crippen LogP contribution in [-0.4, -0.2) is 19.9 Å². The maximum absolute atomic E-state index is 5.43. The molecule has 0 aliphatic heterocycles. The van der Waals surface area contributed by atoms with Crippen LogP contribution in [0.3, 0.4) is 0 Å². The van der Waals surface area contributed by atoms with Crippen LogP contribution < -0.4 is 0 Å². The summed E-state index contributed by atoms with van der Waals surface area (Å²) in [6.07, 6.45) is 0. The topological polar surface area (TPSA) is 51.6 Å². The van der Waals surface area contributed by atoms with E-state index in [0.29, 0.717) is 17.5 Å². The summed E-state index contributed by atoms with van der Waals surface area (Å²) in [6, 6.07) is 59.6. The molecule has 4 heterocycles. The van der Waals surface area contributed by atoms with Crippen molar-refractivity contribution in [2.24, 2.45) is 0 Å². The van der Waals surface area contributed by atoms with Crippen molar-refractivity contribution in [2.45, 2.75) is 0 Å². The Kier molecular flexibility index (Phi) is 7.18. The quantitative estimate of drug-likeness (QED) is 0.177. The normalized spacial score (nSPS) is 11.7. The van der Waals surface area contributed by atoms with E-state index in [1.54, 1.807) is 11.3 Å². The minimum absolute atomic E-state index is 0.623. The van der Waals surface area contributed by atoms with E-state index in [1.165, 1.54) is 51.5 Å². The number of rotatable bonds is 5. The summed E-state index contributed by atoms with van der Waals surface area (Å²) in [5.41, 5.74) is 8.19. The fraction of sp³-hybridized carbons (Fsp3) is 0. The average Bonchev–Trinajstić information content (AvgIpc) is 3.83. The first-order valence-corrected chi connectivity index (χ1v) is 19.5. The molecular weight excluding hydrogens is 697 g/mol. The first-order valence-electron chi connectivity index (χ1n) is 17.9. The second-order valence-electron chi connectivity index (χ2n) is 13.4. The molecule has 0 fully saturated rings. The van der Waals surface area contributed by atoms with Gasteiger partial charge in [-0.15, -0.1) is 22.7 Å². The molecule has 4 nitrogen and oxygen atoms in total. The van der Waals surface area contributed by atoms with Gasteiger partial charge in [0.2, 0.25) is 0 Å². The van der Waals surface area contributed by atoms with Gasteiger partial charge >= 0.3 is 0 Å². The lowest BCUT2D eigenvalue weighted by Crippen LogP contribution is -2.00. The fourth-order valence-electron chi connectivity index (χ4n) is 7.61. The Morgan fingerprint density at radius 2 is 0.889 bits per heavy atom. The van der Waals surface area contributed by atoms with Crippen LogP contribution in [0.1, 0.15) is 0 Å². The molecule has 4 aromatic heterocycles. The molecule has 11 aromatic rings. The molecule has 0 saturated heterocycles. The molecule has 0 amide bonds. The number of benzene rings is 7. The Morgan fingerprint density at radius 1 is 0.333 bits per heavy atom. The van der Waals surface area contributed by atoms with Crippen LogP contribution in [0.2, 0.25) is 0 Å². The van der Waals surface area contributed by atoms with Crippen molar-refractivity contribution in [1.82, 2.24) is 19.9 Å². The lowest BCUT2D eigenvalue weighted by Gasteiger charge is -2.12. The molecule has 0 bridgehead atoms. The van der Waals surface area contributed by atoms with E-state index in [9.17, 15) is 0 Å². The molecule has 0 N–H and O–H groups in total. The second kappa shape index (κ2) is 12.5. The zero-order chi connectivity index (χ0) is 35.6. The van der Waals surface area contributed by atoms with Crippen LogP contribution in [0, 0.1) is 0 Å². The first kappa shape index (κ1) is 31.0. The van der Waals surface area contributed by atoms with Gasteiger partial charge in [0.25, 0.3) is 0 Å². The molecule has 0 atom stereocenters. The highest BCUT2D eigenvalue weighted by atomic mass is 32.1. The van der Waals surface area contributed by atoms with Gasteiger partial charge in [-0.3, -0.25) is 0 Å². The molecule has 0 spiro atoms. The van der Waals surface area contributed by atoms with Crippen molar-refractivity contribution in [3.05, 3.63) is 170 Å². The highest BCUT2D eigenvalue weighted by molar-refractivity contribution is 7.26. The van der Waals surface area contributed by atoms with Gasteiger partial charge in [0.15, 0.2) is 17.5 Å². The monoisotopic (exact) mass is 724 g/mol. The van der Waals surface area contributed by atoms with Gasteiger partial charge in [-0.25, -0.2) is 19.9 Å². The maximum atomic E-state index is 5.43. The van der Waals surface area contributed by atoms with Gasteiger partial charge in [-0.05, 0) is 47.5 Å². The fourth-order valence-corrected chi connectivity index (χ4v) is 9.97. The van der Waals surface area contributed by atoms with E-state index in [4.69, 9.17) is 19.9 Å². The summed E-state index contributed by atoms with van der Waals surface area (Å²) in [7, 11) is 0. The van der Waals surface area contributed by atoms with Crippen molar-refractivity contribution in [2.75, 3.05) is 0 Å². The number of hydrogen-bond acceptors (Lipinski definition) is 6. The number of pyridine rings is 1. The minimum Gasteiger partial charge on any atom is -0.246 e. The lowest BCUT2D eigenvalue weighted by molar-refractivity contribution is 1.07. The highest BCUT2D eigenvalue weighted by Gasteiger charge is 2.19. The van der Waals surface area contributed by atoms with Crippen molar-refractivity contribution in [3.63, 3.8) is 0 Å². The van der Waals surface area contributed by atoms with Crippen LogP contribution >= 0.6 is 22.7 Å². The molecule has 0 saturated carbocycles. The number of nitrogens with zero attached hydrogens (tertiary/aromatic N) is 4. The highest BCUT2D eigenvalue weighted by Crippen LogP contribution is 2.45. The zero-order valence-corrected chi connectivity index (χ0v) is 30.4. The van der Waals surface area contributed by atoms with Crippen molar-refractivity contribution < 1.29 is 0 Å². The van der Waals surface area contributed by atoms with Gasteiger partial charge in [0.05, 0.1) is 15.9 Å². The van der Waals surface area contributed by atoms with E-state index in [-0.39, 0.29) is 0 Å². The molecule has 7 aromatic carbocycles. The summed E-state index contributed by atoms with van der Waals surface area (Å²) in [6.45, 7) is 0. The maximum Gasteiger partial charge on any atom is 0.164 e. The smallest absolute Gasteiger partial charge is 0.164 e. The molecule has 11 rings (SSSR count). The van der Waals surface area contributed by atoms with Crippen LogP contribution in [0.5, 0.6) is 0 Å². The summed E-state index contributed by atoms with van der Waals surface area (Å²) in [5, 5.41) is 6.26. The molecule has 0 radical (unpaired) electrons. The van der Waals surface area contributed by atoms with Crippen molar-refractivity contribution >= 4 is 73.9 Å². The van der Waals surface area contributed by atoms with Gasteiger partial charge in [0, 0.05) is 63.3 Å². The predicted molar refractivity (Wildman–Crippen MR) is 228 cm³/mol. The molecule has 6 heteroatoms. The van der Waals surface area contributed by atoms with Gasteiger partial charge in [-0.2, -0.15) is 0 Å². The van der Waals surface area contributed by atoms with Crippen molar-refractivity contribution in [1.29, 1.82) is 0 Å². The molecular formula is C48H28N4S2. The Hall–Kier alpha value is -6.60. The predicted octanol–water partition coefficient (Wildman–Crippen LogP) is 13.5. The Labute approximate surface area is 318 Å². The summed E-state index contributed by atoms with van der Waals surface area (Å²) in [4.78, 5) is 20.4. The van der Waals surface area contributed by atoms with E-state index < -0.39 is 0 Å². The van der Waals surface area contributed by atoms with E-state index in [2.05, 4.69) is 109 Å². The third-order valence-corrected chi connectivity index (χ3v) is 12.4. The van der Waals surface area contributed by atoms with Crippen LogP contribution in [-0.2, 0) is 0 Å². The van der Waals surface area contributed by atoms with Gasteiger partial charge in [0.1, 0.15) is 0 Å². The molecule has 252 valence electrons. The Balaban J connectivity index is 1.11. The molecule has 0 aliphatic rings. The Bertz CT molecular complexity index is 3160. The van der Waals surface area contributed by atoms with Crippen LogP contribution in [0.4, 0.5) is 0 Å². The SMILES string of the molecule is c1ccc(-c2nc(-c3ccccc3)nc(-c3cccc(-c4nc5ccc(-c6cccc7sc8ccccc8c67)cc5c5c4sc4ccccc45)c3)n2)cc1. The van der Waals surface area contributed by atoms with E-state index in [0.717, 1.165) is 38.9 Å². The van der Waals surface area contributed by atoms with Crippen LogP contribution in [0.25, 0.3) is 108 Å². The van der Waals surface area contributed by atoms with E-state index in [1.807, 2.05) is 72.0 Å². The number of aromatic nitrogens is 4. The standard InChI is InChI=1S/C48H28N4S2/c1-3-13-29(14-4-1)46-50-47(30-15-5-2-6-16-30)52-48(51-46)33-18-11-17-32(27-33)44-45-43(36-20-8-10-23-40(36)54-45)37-28-31(25-26-38(37)49-44)34-21-12-24-41-42(34)35-19-7-9-22-39(35)53-41/h1-28H.